The maximum atomic E-state index is 9.29. The lowest BCUT2D eigenvalue weighted by molar-refractivity contribution is 0.241. The van der Waals surface area contributed by atoms with Crippen molar-refractivity contribution in [3.05, 3.63) is 29.8 Å². The zero-order valence-corrected chi connectivity index (χ0v) is 13.6. The third kappa shape index (κ3) is 6.40. The third-order valence-electron chi connectivity index (χ3n) is 3.65. The van der Waals surface area contributed by atoms with E-state index in [-0.39, 0.29) is 0 Å². The number of hydrogen-bond donors (Lipinski definition) is 2. The molecule has 3 nitrogen and oxygen atoms in total. The van der Waals surface area contributed by atoms with Gasteiger partial charge in [-0.3, -0.25) is 0 Å². The van der Waals surface area contributed by atoms with Crippen LogP contribution in [0.3, 0.4) is 0 Å². The lowest BCUT2D eigenvalue weighted by atomic mass is 10.0. The first kappa shape index (κ1) is 17.0. The minimum Gasteiger partial charge on any atom is -0.508 e. The number of nitrogens with zero attached hydrogens (tertiary/aromatic N) is 1. The van der Waals surface area contributed by atoms with Crippen LogP contribution in [0.2, 0.25) is 0 Å². The van der Waals surface area contributed by atoms with E-state index in [1.807, 2.05) is 12.1 Å². The van der Waals surface area contributed by atoms with Gasteiger partial charge in [-0.1, -0.05) is 26.0 Å². The first-order chi connectivity index (χ1) is 9.38. The van der Waals surface area contributed by atoms with Crippen LogP contribution in [0, 0.1) is 5.92 Å². The molecule has 0 radical (unpaired) electrons. The van der Waals surface area contributed by atoms with Crippen LogP contribution in [-0.4, -0.2) is 42.7 Å². The van der Waals surface area contributed by atoms with E-state index in [0.717, 1.165) is 18.9 Å². The molecule has 114 valence electrons. The molecule has 0 aromatic heterocycles. The van der Waals surface area contributed by atoms with Crippen molar-refractivity contribution >= 4 is 0 Å². The molecule has 0 aliphatic rings. The molecule has 0 aliphatic heterocycles. The summed E-state index contributed by atoms with van der Waals surface area (Å²) in [7, 11) is 4.30. The Balaban J connectivity index is 2.41. The van der Waals surface area contributed by atoms with Gasteiger partial charge in [-0.25, -0.2) is 0 Å². The summed E-state index contributed by atoms with van der Waals surface area (Å²) >= 11 is 0. The summed E-state index contributed by atoms with van der Waals surface area (Å²) in [5, 5.41) is 12.9. The Morgan fingerprint density at radius 2 is 1.70 bits per heavy atom. The predicted molar refractivity (Wildman–Crippen MR) is 86.2 cm³/mol. The number of hydrogen-bond acceptors (Lipinski definition) is 3. The van der Waals surface area contributed by atoms with E-state index in [9.17, 15) is 5.11 Å². The van der Waals surface area contributed by atoms with E-state index >= 15 is 0 Å². The van der Waals surface area contributed by atoms with Crippen molar-refractivity contribution in [3.63, 3.8) is 0 Å². The number of benzene rings is 1. The molecule has 1 rings (SSSR count). The molecule has 2 unspecified atom stereocenters. The van der Waals surface area contributed by atoms with Crippen molar-refractivity contribution in [2.75, 3.05) is 20.6 Å². The highest BCUT2D eigenvalue weighted by molar-refractivity contribution is 5.26. The number of nitrogens with one attached hydrogen (secondary N) is 1. The molecule has 1 aromatic carbocycles. The van der Waals surface area contributed by atoms with Crippen LogP contribution in [0.15, 0.2) is 24.3 Å². The van der Waals surface area contributed by atoms with Crippen LogP contribution in [0.1, 0.15) is 32.8 Å². The molecule has 0 heterocycles. The SMILES string of the molecule is CC(C)CC(CNC(C)Cc1ccc(O)cc1)N(C)C. The van der Waals surface area contributed by atoms with Gasteiger partial charge >= 0.3 is 0 Å². The molecule has 0 fully saturated rings. The van der Waals surface area contributed by atoms with Crippen LogP contribution in [0.25, 0.3) is 0 Å². The van der Waals surface area contributed by atoms with E-state index in [2.05, 4.69) is 45.1 Å². The van der Waals surface area contributed by atoms with Crippen molar-refractivity contribution < 1.29 is 5.11 Å². The monoisotopic (exact) mass is 278 g/mol. The van der Waals surface area contributed by atoms with Crippen LogP contribution in [0.5, 0.6) is 5.75 Å². The number of phenols is 1. The number of phenolic OH excluding ortho intramolecular Hbond substituents is 1. The molecular weight excluding hydrogens is 248 g/mol. The largest absolute Gasteiger partial charge is 0.508 e. The van der Waals surface area contributed by atoms with Crippen molar-refractivity contribution in [2.45, 2.75) is 45.7 Å². The molecular formula is C17H30N2O. The second-order valence-electron chi connectivity index (χ2n) is 6.43. The van der Waals surface area contributed by atoms with Gasteiger partial charge in [-0.2, -0.15) is 0 Å². The molecule has 0 aliphatic carbocycles. The minimum atomic E-state index is 0.332. The zero-order valence-electron chi connectivity index (χ0n) is 13.6. The Bertz CT molecular complexity index is 373. The van der Waals surface area contributed by atoms with Crippen LogP contribution < -0.4 is 5.32 Å². The smallest absolute Gasteiger partial charge is 0.115 e. The van der Waals surface area contributed by atoms with Crippen molar-refractivity contribution in [1.82, 2.24) is 10.2 Å². The lowest BCUT2D eigenvalue weighted by Gasteiger charge is -2.28. The molecule has 20 heavy (non-hydrogen) atoms. The van der Waals surface area contributed by atoms with E-state index < -0.39 is 0 Å². The Kier molecular flexibility index (Phi) is 7.03. The van der Waals surface area contributed by atoms with Crippen LogP contribution in [0.4, 0.5) is 0 Å². The standard InChI is InChI=1S/C17H30N2O/c1-13(2)10-16(19(4)5)12-18-14(3)11-15-6-8-17(20)9-7-15/h6-9,13-14,16,18,20H,10-12H2,1-5H3. The summed E-state index contributed by atoms with van der Waals surface area (Å²) < 4.78 is 0. The summed E-state index contributed by atoms with van der Waals surface area (Å²) in [6.07, 6.45) is 2.20. The highest BCUT2D eigenvalue weighted by atomic mass is 16.3. The predicted octanol–water partition coefficient (Wildman–Crippen LogP) is 2.89. The third-order valence-corrected chi connectivity index (χ3v) is 3.65. The molecule has 1 aromatic rings. The minimum absolute atomic E-state index is 0.332. The maximum Gasteiger partial charge on any atom is 0.115 e. The average Bonchev–Trinajstić information content (AvgIpc) is 2.36. The van der Waals surface area contributed by atoms with Gasteiger partial charge in [0.25, 0.3) is 0 Å². The lowest BCUT2D eigenvalue weighted by Crippen LogP contribution is -2.42. The van der Waals surface area contributed by atoms with Gasteiger partial charge in [-0.15, -0.1) is 0 Å². The second kappa shape index (κ2) is 8.28. The zero-order chi connectivity index (χ0) is 15.1. The highest BCUT2D eigenvalue weighted by Gasteiger charge is 2.14. The number of rotatable bonds is 8. The Morgan fingerprint density at radius 3 is 2.20 bits per heavy atom. The number of likely N-dealkylation sites (N-methyl/N-ethyl adjacent to an activating group) is 1. The fraction of sp³-hybridized carbons (Fsp3) is 0.647. The van der Waals surface area contributed by atoms with E-state index in [1.165, 1.54) is 12.0 Å². The summed E-state index contributed by atoms with van der Waals surface area (Å²) in [5.74, 6) is 1.05. The van der Waals surface area contributed by atoms with Gasteiger partial charge < -0.3 is 15.3 Å². The molecule has 2 N–H and O–H groups in total. The Morgan fingerprint density at radius 1 is 1.10 bits per heavy atom. The fourth-order valence-electron chi connectivity index (χ4n) is 2.42. The molecule has 3 heteroatoms. The Labute approximate surface area is 124 Å². The van der Waals surface area contributed by atoms with Crippen molar-refractivity contribution in [3.8, 4) is 5.75 Å². The molecule has 2 atom stereocenters. The van der Waals surface area contributed by atoms with E-state index in [1.54, 1.807) is 12.1 Å². The summed E-state index contributed by atoms with van der Waals surface area (Å²) in [6, 6.07) is 8.51. The van der Waals surface area contributed by atoms with E-state index in [0.29, 0.717) is 17.8 Å². The van der Waals surface area contributed by atoms with Gasteiger partial charge in [0, 0.05) is 18.6 Å². The normalized spacial score (nSPS) is 14.8. The van der Waals surface area contributed by atoms with Gasteiger partial charge in [0.2, 0.25) is 0 Å². The quantitative estimate of drug-likeness (QED) is 0.767. The number of aromatic hydroxyl groups is 1. The molecule has 0 saturated carbocycles. The van der Waals surface area contributed by atoms with Gasteiger partial charge in [0.15, 0.2) is 0 Å². The molecule has 0 bridgehead atoms. The second-order valence-corrected chi connectivity index (χ2v) is 6.43. The summed E-state index contributed by atoms with van der Waals surface area (Å²) in [5.41, 5.74) is 1.26. The molecule has 0 saturated heterocycles. The Hall–Kier alpha value is -1.06. The van der Waals surface area contributed by atoms with Crippen LogP contribution in [-0.2, 0) is 6.42 Å². The first-order valence-electron chi connectivity index (χ1n) is 7.56. The molecule has 0 amide bonds. The van der Waals surface area contributed by atoms with Crippen molar-refractivity contribution in [2.24, 2.45) is 5.92 Å². The topological polar surface area (TPSA) is 35.5 Å². The fourth-order valence-corrected chi connectivity index (χ4v) is 2.42. The van der Waals surface area contributed by atoms with Gasteiger partial charge in [-0.05, 0) is 57.5 Å². The van der Waals surface area contributed by atoms with E-state index in [4.69, 9.17) is 0 Å². The van der Waals surface area contributed by atoms with Gasteiger partial charge in [0.1, 0.15) is 5.75 Å². The van der Waals surface area contributed by atoms with Crippen molar-refractivity contribution in [1.29, 1.82) is 0 Å². The van der Waals surface area contributed by atoms with Crippen LogP contribution >= 0.6 is 0 Å². The molecule has 0 spiro atoms. The average molecular weight is 278 g/mol. The highest BCUT2D eigenvalue weighted by Crippen LogP contribution is 2.12. The summed E-state index contributed by atoms with van der Waals surface area (Å²) in [4.78, 5) is 2.31. The maximum absolute atomic E-state index is 9.29. The first-order valence-corrected chi connectivity index (χ1v) is 7.56. The summed E-state index contributed by atoms with van der Waals surface area (Å²) in [6.45, 7) is 7.78. The van der Waals surface area contributed by atoms with Gasteiger partial charge in [0.05, 0.1) is 0 Å².